The van der Waals surface area contributed by atoms with Crippen LogP contribution in [0.5, 0.6) is 5.75 Å². The van der Waals surface area contributed by atoms with Crippen molar-refractivity contribution in [3.05, 3.63) is 29.8 Å². The molecule has 42 heavy (non-hydrogen) atoms. The monoisotopic (exact) mass is 598 g/mol. The Labute approximate surface area is 240 Å². The number of phenols is 1. The normalized spacial score (nSPS) is 16.0. The molecule has 5 amide bonds. The van der Waals surface area contributed by atoms with Crippen LogP contribution in [0.3, 0.4) is 0 Å². The summed E-state index contributed by atoms with van der Waals surface area (Å²) < 4.78 is 0. The molecule has 0 heterocycles. The highest BCUT2D eigenvalue weighted by molar-refractivity contribution is 5.96. The van der Waals surface area contributed by atoms with Gasteiger partial charge in [0.1, 0.15) is 29.9 Å². The van der Waals surface area contributed by atoms with Crippen LogP contribution in [0.15, 0.2) is 24.3 Å². The lowest BCUT2D eigenvalue weighted by Crippen LogP contribution is -2.61. The molecule has 0 spiro atoms. The van der Waals surface area contributed by atoms with E-state index in [1.807, 2.05) is 0 Å². The van der Waals surface area contributed by atoms with Crippen LogP contribution < -0.4 is 32.7 Å². The van der Waals surface area contributed by atoms with Crippen LogP contribution in [0.1, 0.15) is 32.3 Å². The van der Waals surface area contributed by atoms with Crippen LogP contribution >= 0.6 is 0 Å². The van der Waals surface area contributed by atoms with Gasteiger partial charge in [0, 0.05) is 12.8 Å². The van der Waals surface area contributed by atoms with E-state index in [4.69, 9.17) is 16.6 Å². The van der Waals surface area contributed by atoms with Crippen LogP contribution in [0.2, 0.25) is 0 Å². The molecule has 17 heteroatoms. The lowest BCUT2D eigenvalue weighted by Gasteiger charge is -2.27. The van der Waals surface area contributed by atoms with Crippen molar-refractivity contribution in [3.8, 4) is 5.75 Å². The average molecular weight is 599 g/mol. The predicted octanol–water partition coefficient (Wildman–Crippen LogP) is -4.69. The quantitative estimate of drug-likeness (QED) is 0.0806. The van der Waals surface area contributed by atoms with E-state index in [0.29, 0.717) is 5.56 Å². The lowest BCUT2D eigenvalue weighted by atomic mass is 10.0. The average Bonchev–Trinajstić information content (AvgIpc) is 2.91. The fourth-order valence-corrected chi connectivity index (χ4v) is 3.56. The van der Waals surface area contributed by atoms with Gasteiger partial charge in [-0.1, -0.05) is 12.1 Å². The molecule has 13 N–H and O–H groups in total. The summed E-state index contributed by atoms with van der Waals surface area (Å²) in [6, 6.07) is -2.31. The summed E-state index contributed by atoms with van der Waals surface area (Å²) >= 11 is 0. The first kappa shape index (κ1) is 35.7. The number of aliphatic hydroxyl groups is 3. The molecule has 0 unspecified atom stereocenters. The Hall–Kier alpha value is -4.32. The van der Waals surface area contributed by atoms with Crippen molar-refractivity contribution in [1.82, 2.24) is 21.3 Å². The molecule has 0 aromatic heterocycles. The number of nitrogens with two attached hydrogens (primary N) is 2. The number of carbonyl (C=O) groups is 6. The van der Waals surface area contributed by atoms with Crippen molar-refractivity contribution in [1.29, 1.82) is 0 Å². The maximum Gasteiger partial charge on any atom is 0.328 e. The molecule has 1 aromatic rings. The first-order chi connectivity index (χ1) is 19.6. The van der Waals surface area contributed by atoms with Crippen LogP contribution in [0.4, 0.5) is 0 Å². The van der Waals surface area contributed by atoms with Crippen molar-refractivity contribution < 1.29 is 54.3 Å². The second kappa shape index (κ2) is 16.8. The molecular weight excluding hydrogens is 560 g/mol. The Kier molecular flexibility index (Phi) is 14.3. The smallest absolute Gasteiger partial charge is 0.328 e. The number of primary amides is 1. The van der Waals surface area contributed by atoms with Gasteiger partial charge in [0.15, 0.2) is 6.04 Å². The number of carbonyl (C=O) groups excluding carboxylic acids is 5. The van der Waals surface area contributed by atoms with Gasteiger partial charge in [-0.25, -0.2) is 4.79 Å². The molecule has 1 rings (SSSR count). The third-order valence-corrected chi connectivity index (χ3v) is 5.96. The molecule has 0 fully saturated rings. The number of amides is 5. The number of aromatic hydroxyl groups is 1. The maximum absolute atomic E-state index is 13.4. The molecule has 0 radical (unpaired) electrons. The van der Waals surface area contributed by atoms with Crippen LogP contribution in [-0.4, -0.2) is 110 Å². The minimum absolute atomic E-state index is 0.0878. The van der Waals surface area contributed by atoms with Crippen LogP contribution in [-0.2, 0) is 35.2 Å². The number of nitrogens with one attached hydrogen (secondary N) is 4. The molecule has 0 aliphatic heterocycles. The van der Waals surface area contributed by atoms with Crippen molar-refractivity contribution in [2.75, 3.05) is 6.61 Å². The molecule has 0 aliphatic carbocycles. The summed E-state index contributed by atoms with van der Waals surface area (Å²) in [6.45, 7) is 1.54. The fourth-order valence-electron chi connectivity index (χ4n) is 3.56. The molecule has 7 atom stereocenters. The Morgan fingerprint density at radius 3 is 1.76 bits per heavy atom. The first-order valence-electron chi connectivity index (χ1n) is 12.8. The summed E-state index contributed by atoms with van der Waals surface area (Å²) in [5, 5.41) is 56.7. The van der Waals surface area contributed by atoms with E-state index in [2.05, 4.69) is 21.3 Å². The third-order valence-electron chi connectivity index (χ3n) is 5.96. The van der Waals surface area contributed by atoms with Gasteiger partial charge in [0.05, 0.1) is 18.8 Å². The van der Waals surface area contributed by atoms with Gasteiger partial charge < -0.3 is 58.3 Å². The largest absolute Gasteiger partial charge is 0.508 e. The number of carboxylic acids is 1. The number of phenolic OH excluding ortho intramolecular Hbond substituents is 1. The molecular formula is C25H38N6O11. The van der Waals surface area contributed by atoms with Gasteiger partial charge in [-0.2, -0.15) is 0 Å². The van der Waals surface area contributed by atoms with E-state index in [9.17, 15) is 49.2 Å². The van der Waals surface area contributed by atoms with Gasteiger partial charge in [0.2, 0.25) is 29.5 Å². The summed E-state index contributed by atoms with van der Waals surface area (Å²) in [6.07, 6.45) is -4.01. The zero-order valence-electron chi connectivity index (χ0n) is 23.0. The number of hydrogen-bond acceptors (Lipinski definition) is 11. The lowest BCUT2D eigenvalue weighted by molar-refractivity contribution is -0.145. The van der Waals surface area contributed by atoms with E-state index in [-0.39, 0.29) is 18.6 Å². The van der Waals surface area contributed by atoms with Crippen molar-refractivity contribution in [2.45, 2.75) is 75.5 Å². The van der Waals surface area contributed by atoms with Crippen LogP contribution in [0.25, 0.3) is 0 Å². The predicted molar refractivity (Wildman–Crippen MR) is 144 cm³/mol. The van der Waals surface area contributed by atoms with E-state index >= 15 is 0 Å². The summed E-state index contributed by atoms with van der Waals surface area (Å²) in [5.74, 6) is -6.56. The van der Waals surface area contributed by atoms with Crippen LogP contribution in [0, 0.1) is 0 Å². The maximum atomic E-state index is 13.4. The second-order valence-corrected chi connectivity index (χ2v) is 9.58. The molecule has 17 nitrogen and oxygen atoms in total. The number of aliphatic hydroxyl groups excluding tert-OH is 3. The highest BCUT2D eigenvalue weighted by Gasteiger charge is 2.34. The SMILES string of the molecule is C[C@@H](O)[C@H](NC(=O)[C@H](CCC(N)=O)NC(=O)[C@H](Cc1ccc(O)cc1)NC(=O)[C@@H](NC(=O)[C@@H](N)CO)[C@@H](C)O)C(=O)O. The van der Waals surface area contributed by atoms with Crippen molar-refractivity contribution >= 4 is 35.5 Å². The topological polar surface area (TPSA) is 304 Å². The Balaban J connectivity index is 3.31. The minimum Gasteiger partial charge on any atom is -0.508 e. The minimum atomic E-state index is -1.75. The molecule has 0 aliphatic rings. The van der Waals surface area contributed by atoms with Gasteiger partial charge in [0.25, 0.3) is 0 Å². The summed E-state index contributed by atoms with van der Waals surface area (Å²) in [4.78, 5) is 74.3. The first-order valence-corrected chi connectivity index (χ1v) is 12.8. The number of carboxylic acid groups (broad SMARTS) is 1. The molecule has 0 saturated carbocycles. The summed E-state index contributed by atoms with van der Waals surface area (Å²) in [7, 11) is 0. The van der Waals surface area contributed by atoms with Gasteiger partial charge in [-0.05, 0) is 38.0 Å². The highest BCUT2D eigenvalue weighted by atomic mass is 16.4. The van der Waals surface area contributed by atoms with E-state index in [1.165, 1.54) is 31.2 Å². The van der Waals surface area contributed by atoms with Crippen molar-refractivity contribution in [3.63, 3.8) is 0 Å². The summed E-state index contributed by atoms with van der Waals surface area (Å²) in [5.41, 5.74) is 11.0. The zero-order valence-corrected chi connectivity index (χ0v) is 23.0. The van der Waals surface area contributed by atoms with Gasteiger partial charge in [-0.3, -0.25) is 24.0 Å². The van der Waals surface area contributed by atoms with E-state index < -0.39 is 91.0 Å². The number of benzene rings is 1. The third kappa shape index (κ3) is 11.7. The second-order valence-electron chi connectivity index (χ2n) is 9.58. The Bertz CT molecular complexity index is 1110. The number of hydrogen-bond donors (Lipinski definition) is 11. The van der Waals surface area contributed by atoms with Gasteiger partial charge >= 0.3 is 5.97 Å². The molecule has 0 bridgehead atoms. The number of aliphatic carboxylic acids is 1. The fraction of sp³-hybridized carbons (Fsp3) is 0.520. The Morgan fingerprint density at radius 2 is 1.29 bits per heavy atom. The zero-order chi connectivity index (χ0) is 32.1. The molecule has 1 aromatic carbocycles. The molecule has 0 saturated heterocycles. The van der Waals surface area contributed by atoms with Crippen molar-refractivity contribution in [2.24, 2.45) is 11.5 Å². The van der Waals surface area contributed by atoms with E-state index in [0.717, 1.165) is 6.92 Å². The van der Waals surface area contributed by atoms with E-state index in [1.54, 1.807) is 0 Å². The number of rotatable bonds is 17. The highest BCUT2D eigenvalue weighted by Crippen LogP contribution is 2.12. The Morgan fingerprint density at radius 1 is 0.786 bits per heavy atom. The van der Waals surface area contributed by atoms with Gasteiger partial charge in [-0.15, -0.1) is 0 Å². The molecule has 234 valence electrons. The standard InChI is InChI=1S/C25H38N6O11/c1-11(33)19(30-21(37)15(26)10-32)24(40)29-17(9-13-3-5-14(35)6-4-13)23(39)28-16(7-8-18(27)36)22(38)31-20(12(2)34)25(41)42/h3-6,11-12,15-17,19-20,32-35H,7-10,26H2,1-2H3,(H2,27,36)(H,28,39)(H,29,40)(H,30,37)(H,31,38)(H,41,42)/t11-,12-,15+,16+,17+,19+,20+/m1/s1.